The first-order valence-corrected chi connectivity index (χ1v) is 7.97. The second-order valence-corrected chi connectivity index (χ2v) is 6.01. The van der Waals surface area contributed by atoms with Gasteiger partial charge in [-0.15, -0.1) is 0 Å². The molecule has 1 amide bonds. The van der Waals surface area contributed by atoms with Crippen LogP contribution < -0.4 is 0 Å². The molecule has 4 heteroatoms. The predicted molar refractivity (Wildman–Crippen MR) is 95.3 cm³/mol. The number of hydrogen-bond acceptors (Lipinski definition) is 2. The van der Waals surface area contributed by atoms with Crippen LogP contribution in [0.3, 0.4) is 0 Å². The Kier molecular flexibility index (Phi) is 4.75. The average molecular weight is 319 g/mol. The van der Waals surface area contributed by atoms with E-state index in [1.165, 1.54) is 5.56 Å². The molecule has 0 atom stereocenters. The molecule has 0 unspecified atom stereocenters. The Morgan fingerprint density at radius 2 is 1.67 bits per heavy atom. The van der Waals surface area contributed by atoms with Crippen molar-refractivity contribution in [1.29, 1.82) is 0 Å². The van der Waals surface area contributed by atoms with Crippen molar-refractivity contribution in [1.82, 2.24) is 14.7 Å². The Balaban J connectivity index is 1.62. The van der Waals surface area contributed by atoms with Crippen LogP contribution >= 0.6 is 0 Å². The number of carbonyl (C=O) groups excluding carboxylic acids is 1. The van der Waals surface area contributed by atoms with Gasteiger partial charge in [0, 0.05) is 32.4 Å². The van der Waals surface area contributed by atoms with E-state index in [-0.39, 0.29) is 5.91 Å². The third-order valence-corrected chi connectivity index (χ3v) is 4.02. The van der Waals surface area contributed by atoms with Crippen LogP contribution in [0.4, 0.5) is 0 Å². The zero-order valence-electron chi connectivity index (χ0n) is 14.0. The van der Waals surface area contributed by atoms with Crippen LogP contribution in [-0.4, -0.2) is 27.6 Å². The first-order valence-electron chi connectivity index (χ1n) is 7.97. The van der Waals surface area contributed by atoms with E-state index in [0.29, 0.717) is 13.0 Å². The van der Waals surface area contributed by atoms with Gasteiger partial charge in [0.2, 0.25) is 5.91 Å². The number of aryl methyl sites for hydroxylation is 1. The molecule has 0 aliphatic heterocycles. The number of likely N-dealkylation sites (N-methyl/N-ethyl adjacent to an activating group) is 1. The van der Waals surface area contributed by atoms with Gasteiger partial charge in [-0.05, 0) is 16.7 Å². The number of rotatable bonds is 5. The Morgan fingerprint density at radius 1 is 1.00 bits per heavy atom. The van der Waals surface area contributed by atoms with Gasteiger partial charge in [0.05, 0.1) is 12.6 Å². The molecule has 3 rings (SSSR count). The molecular formula is C20H21N3O. The average Bonchev–Trinajstić information content (AvgIpc) is 3.01. The van der Waals surface area contributed by atoms with E-state index in [0.717, 1.165) is 16.7 Å². The fourth-order valence-electron chi connectivity index (χ4n) is 2.67. The summed E-state index contributed by atoms with van der Waals surface area (Å²) >= 11 is 0. The summed E-state index contributed by atoms with van der Waals surface area (Å²) in [4.78, 5) is 14.1. The Bertz CT molecular complexity index is 806. The molecule has 0 spiro atoms. The van der Waals surface area contributed by atoms with Gasteiger partial charge >= 0.3 is 0 Å². The molecule has 0 fully saturated rings. The lowest BCUT2D eigenvalue weighted by molar-refractivity contribution is -0.129. The third kappa shape index (κ3) is 3.90. The zero-order chi connectivity index (χ0) is 16.9. The van der Waals surface area contributed by atoms with Crippen molar-refractivity contribution in [3.05, 3.63) is 78.1 Å². The molecular weight excluding hydrogens is 298 g/mol. The van der Waals surface area contributed by atoms with E-state index in [4.69, 9.17) is 0 Å². The summed E-state index contributed by atoms with van der Waals surface area (Å²) in [7, 11) is 3.70. The minimum absolute atomic E-state index is 0.103. The van der Waals surface area contributed by atoms with Gasteiger partial charge in [-0.3, -0.25) is 9.48 Å². The van der Waals surface area contributed by atoms with Crippen molar-refractivity contribution in [2.45, 2.75) is 13.0 Å². The number of nitrogens with zero attached hydrogens (tertiary/aromatic N) is 3. The van der Waals surface area contributed by atoms with Crippen LogP contribution in [0.15, 0.2) is 67.0 Å². The summed E-state index contributed by atoms with van der Waals surface area (Å²) in [5, 5.41) is 4.13. The van der Waals surface area contributed by atoms with Crippen LogP contribution in [0.1, 0.15) is 11.1 Å². The maximum Gasteiger partial charge on any atom is 0.227 e. The lowest BCUT2D eigenvalue weighted by atomic mass is 10.0. The highest BCUT2D eigenvalue weighted by Gasteiger charge is 2.11. The minimum Gasteiger partial charge on any atom is -0.341 e. The van der Waals surface area contributed by atoms with E-state index in [2.05, 4.69) is 29.4 Å². The van der Waals surface area contributed by atoms with Crippen molar-refractivity contribution in [2.75, 3.05) is 7.05 Å². The molecule has 2 aromatic carbocycles. The molecule has 0 N–H and O–H groups in total. The summed E-state index contributed by atoms with van der Waals surface area (Å²) in [6, 6.07) is 18.4. The van der Waals surface area contributed by atoms with Crippen LogP contribution in [-0.2, 0) is 24.8 Å². The molecule has 0 saturated heterocycles. The van der Waals surface area contributed by atoms with Gasteiger partial charge in [0.25, 0.3) is 0 Å². The molecule has 0 bridgehead atoms. The molecule has 0 radical (unpaired) electrons. The van der Waals surface area contributed by atoms with Gasteiger partial charge in [0.15, 0.2) is 0 Å². The SMILES string of the molecule is CN(Cc1cnn(C)c1)C(=O)Cc1ccc(-c2ccccc2)cc1. The maximum absolute atomic E-state index is 12.4. The molecule has 122 valence electrons. The van der Waals surface area contributed by atoms with E-state index in [9.17, 15) is 4.79 Å². The number of aromatic nitrogens is 2. The van der Waals surface area contributed by atoms with E-state index in [1.54, 1.807) is 15.8 Å². The fourth-order valence-corrected chi connectivity index (χ4v) is 2.67. The summed E-state index contributed by atoms with van der Waals surface area (Å²) in [6.45, 7) is 0.578. The van der Waals surface area contributed by atoms with Crippen molar-refractivity contribution in [3.8, 4) is 11.1 Å². The fraction of sp³-hybridized carbons (Fsp3) is 0.200. The van der Waals surface area contributed by atoms with Crippen molar-refractivity contribution in [2.24, 2.45) is 7.05 Å². The molecule has 1 aromatic heterocycles. The van der Waals surface area contributed by atoms with Crippen LogP contribution in [0.25, 0.3) is 11.1 Å². The van der Waals surface area contributed by atoms with Gasteiger partial charge < -0.3 is 4.90 Å². The van der Waals surface area contributed by atoms with Crippen LogP contribution in [0, 0.1) is 0 Å². The van der Waals surface area contributed by atoms with Gasteiger partial charge in [0.1, 0.15) is 0 Å². The topological polar surface area (TPSA) is 38.1 Å². The third-order valence-electron chi connectivity index (χ3n) is 4.02. The Morgan fingerprint density at radius 3 is 2.29 bits per heavy atom. The number of carbonyl (C=O) groups is 1. The largest absolute Gasteiger partial charge is 0.341 e. The summed E-state index contributed by atoms with van der Waals surface area (Å²) in [5.41, 5.74) is 4.41. The highest BCUT2D eigenvalue weighted by atomic mass is 16.2. The standard InChI is InChI=1S/C20H21N3O/c1-22(14-17-13-21-23(2)15-17)20(24)12-16-8-10-19(11-9-16)18-6-4-3-5-7-18/h3-11,13,15H,12,14H2,1-2H3. The van der Waals surface area contributed by atoms with Crippen LogP contribution in [0.2, 0.25) is 0 Å². The molecule has 3 aromatic rings. The van der Waals surface area contributed by atoms with Gasteiger partial charge in [-0.1, -0.05) is 54.6 Å². The minimum atomic E-state index is 0.103. The normalized spacial score (nSPS) is 10.6. The maximum atomic E-state index is 12.4. The van der Waals surface area contributed by atoms with Crippen molar-refractivity contribution < 1.29 is 4.79 Å². The van der Waals surface area contributed by atoms with Crippen molar-refractivity contribution >= 4 is 5.91 Å². The second-order valence-electron chi connectivity index (χ2n) is 6.01. The van der Waals surface area contributed by atoms with E-state index < -0.39 is 0 Å². The first kappa shape index (κ1) is 16.0. The molecule has 0 aliphatic carbocycles. The summed E-state index contributed by atoms with van der Waals surface area (Å²) in [6.07, 6.45) is 4.13. The Hall–Kier alpha value is -2.88. The monoisotopic (exact) mass is 319 g/mol. The Labute approximate surface area is 142 Å². The summed E-state index contributed by atoms with van der Waals surface area (Å²) < 4.78 is 1.75. The number of hydrogen-bond donors (Lipinski definition) is 0. The van der Waals surface area contributed by atoms with Gasteiger partial charge in [-0.2, -0.15) is 5.10 Å². The highest BCUT2D eigenvalue weighted by molar-refractivity contribution is 5.78. The molecule has 4 nitrogen and oxygen atoms in total. The van der Waals surface area contributed by atoms with E-state index in [1.807, 2.05) is 50.6 Å². The molecule has 24 heavy (non-hydrogen) atoms. The van der Waals surface area contributed by atoms with Gasteiger partial charge in [-0.25, -0.2) is 0 Å². The predicted octanol–water partition coefficient (Wildman–Crippen LogP) is 3.29. The van der Waals surface area contributed by atoms with Crippen LogP contribution in [0.5, 0.6) is 0 Å². The number of amides is 1. The van der Waals surface area contributed by atoms with E-state index >= 15 is 0 Å². The second kappa shape index (κ2) is 7.13. The van der Waals surface area contributed by atoms with Crippen molar-refractivity contribution in [3.63, 3.8) is 0 Å². The first-order chi connectivity index (χ1) is 11.6. The number of benzene rings is 2. The molecule has 0 aliphatic rings. The summed E-state index contributed by atoms with van der Waals surface area (Å²) in [5.74, 6) is 0.103. The molecule has 0 saturated carbocycles. The quantitative estimate of drug-likeness (QED) is 0.724. The highest BCUT2D eigenvalue weighted by Crippen LogP contribution is 2.19. The lowest BCUT2D eigenvalue weighted by Crippen LogP contribution is -2.27. The lowest BCUT2D eigenvalue weighted by Gasteiger charge is -2.16. The molecule has 1 heterocycles. The smallest absolute Gasteiger partial charge is 0.227 e. The zero-order valence-corrected chi connectivity index (χ0v) is 14.0.